The van der Waals surface area contributed by atoms with Crippen molar-refractivity contribution in [3.8, 4) is 5.69 Å². The Labute approximate surface area is 125 Å². The summed E-state index contributed by atoms with van der Waals surface area (Å²) < 4.78 is 3.15. The van der Waals surface area contributed by atoms with Crippen molar-refractivity contribution >= 4 is 38.6 Å². The van der Waals surface area contributed by atoms with Gasteiger partial charge < -0.3 is 0 Å². The molecular formula is C15H12BrClN2. The molecule has 0 N–H and O–H groups in total. The molecule has 0 amide bonds. The first-order valence-corrected chi connectivity index (χ1v) is 7.27. The van der Waals surface area contributed by atoms with Gasteiger partial charge in [0.05, 0.1) is 16.4 Å². The Balaban J connectivity index is 2.34. The van der Waals surface area contributed by atoms with Gasteiger partial charge in [0.2, 0.25) is 0 Å². The van der Waals surface area contributed by atoms with E-state index in [-0.39, 0.29) is 5.38 Å². The van der Waals surface area contributed by atoms with Crippen molar-refractivity contribution in [2.24, 2.45) is 0 Å². The summed E-state index contributed by atoms with van der Waals surface area (Å²) in [5, 5.41) is -0.147. The number of para-hydroxylation sites is 2. The lowest BCUT2D eigenvalue weighted by atomic mass is 10.2. The Morgan fingerprint density at radius 2 is 1.95 bits per heavy atom. The Morgan fingerprint density at radius 3 is 2.68 bits per heavy atom. The second-order valence-electron chi connectivity index (χ2n) is 4.39. The van der Waals surface area contributed by atoms with Crippen molar-refractivity contribution in [3.63, 3.8) is 0 Å². The number of benzene rings is 2. The van der Waals surface area contributed by atoms with E-state index < -0.39 is 0 Å². The first-order valence-electron chi connectivity index (χ1n) is 6.04. The van der Waals surface area contributed by atoms with Gasteiger partial charge in [0.25, 0.3) is 0 Å². The molecule has 3 rings (SSSR count). The van der Waals surface area contributed by atoms with Crippen LogP contribution in [0.5, 0.6) is 0 Å². The van der Waals surface area contributed by atoms with E-state index in [9.17, 15) is 0 Å². The Hall–Kier alpha value is -1.32. The predicted octanol–water partition coefficient (Wildman–Crippen LogP) is 5.09. The zero-order chi connectivity index (χ0) is 13.4. The molecule has 0 radical (unpaired) electrons. The van der Waals surface area contributed by atoms with Crippen LogP contribution in [0.4, 0.5) is 0 Å². The zero-order valence-corrected chi connectivity index (χ0v) is 12.7. The molecule has 0 aliphatic heterocycles. The summed E-state index contributed by atoms with van der Waals surface area (Å²) in [6.45, 7) is 1.94. The van der Waals surface area contributed by atoms with Gasteiger partial charge in [-0.1, -0.05) is 34.1 Å². The number of alkyl halides is 1. The summed E-state index contributed by atoms with van der Waals surface area (Å²) in [6, 6.07) is 16.2. The third-order valence-electron chi connectivity index (χ3n) is 3.01. The van der Waals surface area contributed by atoms with Crippen molar-refractivity contribution in [1.29, 1.82) is 0 Å². The van der Waals surface area contributed by atoms with Gasteiger partial charge in [-0.3, -0.25) is 4.57 Å². The Kier molecular flexibility index (Phi) is 3.33. The summed E-state index contributed by atoms with van der Waals surface area (Å²) in [6.07, 6.45) is 0. The lowest BCUT2D eigenvalue weighted by Gasteiger charge is -2.10. The summed E-state index contributed by atoms with van der Waals surface area (Å²) in [4.78, 5) is 4.63. The maximum absolute atomic E-state index is 6.27. The molecule has 0 spiro atoms. The minimum Gasteiger partial charge on any atom is -0.295 e. The molecule has 3 aromatic rings. The largest absolute Gasteiger partial charge is 0.295 e. The van der Waals surface area contributed by atoms with Crippen molar-refractivity contribution in [3.05, 3.63) is 58.8 Å². The highest BCUT2D eigenvalue weighted by Crippen LogP contribution is 2.28. The minimum absolute atomic E-state index is 0.147. The monoisotopic (exact) mass is 334 g/mol. The molecule has 19 heavy (non-hydrogen) atoms. The van der Waals surface area contributed by atoms with Gasteiger partial charge in [-0.25, -0.2) is 4.98 Å². The van der Waals surface area contributed by atoms with Gasteiger partial charge in [0.1, 0.15) is 5.82 Å². The normalized spacial score (nSPS) is 12.8. The summed E-state index contributed by atoms with van der Waals surface area (Å²) in [5.74, 6) is 0.862. The average molecular weight is 336 g/mol. The number of nitrogens with zero attached hydrogens (tertiary/aromatic N) is 2. The number of aromatic nitrogens is 2. The molecule has 2 nitrogen and oxygen atoms in total. The van der Waals surface area contributed by atoms with Gasteiger partial charge in [-0.2, -0.15) is 0 Å². The molecule has 0 aliphatic rings. The van der Waals surface area contributed by atoms with Crippen LogP contribution in [0.1, 0.15) is 18.1 Å². The van der Waals surface area contributed by atoms with Crippen LogP contribution in [0.3, 0.4) is 0 Å². The van der Waals surface area contributed by atoms with E-state index in [4.69, 9.17) is 11.6 Å². The number of rotatable bonds is 2. The van der Waals surface area contributed by atoms with Gasteiger partial charge in [-0.15, -0.1) is 11.6 Å². The van der Waals surface area contributed by atoms with E-state index in [1.807, 2.05) is 37.3 Å². The molecule has 1 aromatic heterocycles. The quantitative estimate of drug-likeness (QED) is 0.597. The minimum atomic E-state index is -0.147. The molecule has 1 unspecified atom stereocenters. The SMILES string of the molecule is CC(Cl)c1nc2ccccc2n1-c1cccc(Br)c1. The van der Waals surface area contributed by atoms with Crippen molar-refractivity contribution in [1.82, 2.24) is 9.55 Å². The highest BCUT2D eigenvalue weighted by atomic mass is 79.9. The fraction of sp³-hybridized carbons (Fsp3) is 0.133. The van der Waals surface area contributed by atoms with Gasteiger partial charge in [0.15, 0.2) is 0 Å². The zero-order valence-electron chi connectivity index (χ0n) is 10.3. The molecule has 96 valence electrons. The van der Waals surface area contributed by atoms with Crippen LogP contribution < -0.4 is 0 Å². The van der Waals surface area contributed by atoms with E-state index in [2.05, 4.69) is 43.7 Å². The molecule has 0 aliphatic carbocycles. The molecule has 0 fully saturated rings. The number of halogens is 2. The van der Waals surface area contributed by atoms with Crippen LogP contribution >= 0.6 is 27.5 Å². The molecule has 2 aromatic carbocycles. The molecular weight excluding hydrogens is 324 g/mol. The maximum atomic E-state index is 6.27. The average Bonchev–Trinajstić information content (AvgIpc) is 2.78. The van der Waals surface area contributed by atoms with Crippen LogP contribution in [0.2, 0.25) is 0 Å². The van der Waals surface area contributed by atoms with Crippen molar-refractivity contribution in [2.75, 3.05) is 0 Å². The first-order chi connectivity index (χ1) is 9.16. The van der Waals surface area contributed by atoms with Crippen LogP contribution in [0.25, 0.3) is 16.7 Å². The van der Waals surface area contributed by atoms with Crippen LogP contribution in [-0.2, 0) is 0 Å². The van der Waals surface area contributed by atoms with Gasteiger partial charge >= 0.3 is 0 Å². The number of imidazole rings is 1. The Morgan fingerprint density at radius 1 is 1.16 bits per heavy atom. The molecule has 0 bridgehead atoms. The van der Waals surface area contributed by atoms with Crippen molar-refractivity contribution < 1.29 is 0 Å². The fourth-order valence-corrected chi connectivity index (χ4v) is 2.73. The van der Waals surface area contributed by atoms with Crippen LogP contribution in [0.15, 0.2) is 53.0 Å². The van der Waals surface area contributed by atoms with E-state index in [1.54, 1.807) is 0 Å². The third kappa shape index (κ3) is 2.28. The predicted molar refractivity (Wildman–Crippen MR) is 83.0 cm³/mol. The van der Waals surface area contributed by atoms with Crippen LogP contribution in [0, 0.1) is 0 Å². The topological polar surface area (TPSA) is 17.8 Å². The number of hydrogen-bond donors (Lipinski definition) is 0. The van der Waals surface area contributed by atoms with Crippen LogP contribution in [-0.4, -0.2) is 9.55 Å². The molecule has 1 heterocycles. The Bertz CT molecular complexity index is 734. The highest BCUT2D eigenvalue weighted by molar-refractivity contribution is 9.10. The molecule has 4 heteroatoms. The maximum Gasteiger partial charge on any atom is 0.132 e. The standard InChI is InChI=1S/C15H12BrClN2/c1-10(17)15-18-13-7-2-3-8-14(13)19(15)12-6-4-5-11(16)9-12/h2-10H,1H3. The van der Waals surface area contributed by atoms with E-state index in [1.165, 1.54) is 0 Å². The number of hydrogen-bond acceptors (Lipinski definition) is 1. The van der Waals surface area contributed by atoms with Gasteiger partial charge in [-0.05, 0) is 37.3 Å². The van der Waals surface area contributed by atoms with E-state index in [0.717, 1.165) is 27.0 Å². The fourth-order valence-electron chi connectivity index (χ4n) is 2.20. The first kappa shape index (κ1) is 12.7. The van der Waals surface area contributed by atoms with Gasteiger partial charge in [0, 0.05) is 10.2 Å². The van der Waals surface area contributed by atoms with E-state index >= 15 is 0 Å². The summed E-state index contributed by atoms with van der Waals surface area (Å²) in [5.41, 5.74) is 3.10. The summed E-state index contributed by atoms with van der Waals surface area (Å²) >= 11 is 9.78. The third-order valence-corrected chi connectivity index (χ3v) is 3.70. The molecule has 0 saturated heterocycles. The lowest BCUT2D eigenvalue weighted by Crippen LogP contribution is -2.01. The second-order valence-corrected chi connectivity index (χ2v) is 5.96. The molecule has 0 saturated carbocycles. The van der Waals surface area contributed by atoms with Crippen molar-refractivity contribution in [2.45, 2.75) is 12.3 Å². The second kappa shape index (κ2) is 4.99. The van der Waals surface area contributed by atoms with E-state index in [0.29, 0.717) is 0 Å². The molecule has 1 atom stereocenters. The lowest BCUT2D eigenvalue weighted by molar-refractivity contribution is 0.882. The smallest absolute Gasteiger partial charge is 0.132 e. The highest BCUT2D eigenvalue weighted by Gasteiger charge is 2.15. The summed E-state index contributed by atoms with van der Waals surface area (Å²) in [7, 11) is 0. The number of fused-ring (bicyclic) bond motifs is 1.